The van der Waals surface area contributed by atoms with Gasteiger partial charge in [0.05, 0.1) is 36.5 Å². The van der Waals surface area contributed by atoms with E-state index in [4.69, 9.17) is 19.5 Å². The summed E-state index contributed by atoms with van der Waals surface area (Å²) in [4.78, 5) is 24.5. The maximum Gasteiger partial charge on any atom is 0.482 e. The van der Waals surface area contributed by atoms with Gasteiger partial charge < -0.3 is 26.9 Å². The number of ketones is 2. The number of hydrogen-bond acceptors (Lipinski definition) is 10. The van der Waals surface area contributed by atoms with Crippen molar-refractivity contribution < 1.29 is 88.1 Å². The standard InChI is InChI=1S/2C14H17NO4S.CH3Br.CH3.BH2O2.2W/c2*1-20(17,18)15-8-6-14(7-9-15)10-12(16)11-4-2-3-5-13(11)19-14;1-2;;2-1-3;;/h2*2-5H,6-10H2,1H3;1H3;1H3;2-3H;;/q;;;-1;;;. The summed E-state index contributed by atoms with van der Waals surface area (Å²) in [6, 6.07) is 14.5. The Bertz CT molecular complexity index is 1450. The van der Waals surface area contributed by atoms with E-state index in [9.17, 15) is 26.4 Å². The molecule has 0 aliphatic carbocycles. The Balaban J connectivity index is 0.000000770. The molecule has 2 saturated heterocycles. The number of Topliss-reactive ketones (excluding diaryl/α,β-unsaturated/α-hetero) is 2. The van der Waals surface area contributed by atoms with E-state index in [-0.39, 0.29) is 68.8 Å². The van der Waals surface area contributed by atoms with Crippen LogP contribution in [-0.4, -0.2) is 110 Å². The normalized spacial score (nSPS) is 19.0. The fourth-order valence-corrected chi connectivity index (χ4v) is 7.59. The molecule has 0 aromatic heterocycles. The molecule has 0 bridgehead atoms. The van der Waals surface area contributed by atoms with Gasteiger partial charge in [-0.25, -0.2) is 25.4 Å². The molecular formula is C30H42BBrN2O10S2W2-. The van der Waals surface area contributed by atoms with Gasteiger partial charge in [-0.3, -0.25) is 9.59 Å². The maximum atomic E-state index is 12.2. The van der Waals surface area contributed by atoms with Crippen LogP contribution in [0, 0.1) is 7.43 Å². The van der Waals surface area contributed by atoms with Crippen molar-refractivity contribution >= 4 is 55.2 Å². The molecule has 2 fully saturated rings. The summed E-state index contributed by atoms with van der Waals surface area (Å²) in [7, 11) is -6.32. The van der Waals surface area contributed by atoms with Crippen molar-refractivity contribution in [2.75, 3.05) is 44.5 Å². The minimum atomic E-state index is -3.16. The van der Waals surface area contributed by atoms with Crippen LogP contribution < -0.4 is 9.47 Å². The Hall–Kier alpha value is -0.958. The maximum absolute atomic E-state index is 12.2. The number of alkyl halides is 1. The number of hydrogen-bond donors (Lipinski definition) is 2. The fraction of sp³-hybridized carbons (Fsp3) is 0.500. The van der Waals surface area contributed by atoms with Crippen LogP contribution in [0.1, 0.15) is 59.2 Å². The number of piperidine rings is 2. The van der Waals surface area contributed by atoms with Gasteiger partial charge in [-0.05, 0) is 30.1 Å². The molecule has 2 aromatic carbocycles. The van der Waals surface area contributed by atoms with Crippen LogP contribution in [0.2, 0.25) is 0 Å². The minimum absolute atomic E-state index is 0. The molecule has 0 unspecified atom stereocenters. The first kappa shape index (κ1) is 47.0. The van der Waals surface area contributed by atoms with Gasteiger partial charge >= 0.3 is 7.69 Å². The summed E-state index contributed by atoms with van der Waals surface area (Å²) in [5, 5.41) is 14.0. The van der Waals surface area contributed by atoms with Crippen molar-refractivity contribution in [2.45, 2.75) is 49.7 Å². The minimum Gasteiger partial charge on any atom is -0.486 e. The predicted molar refractivity (Wildman–Crippen MR) is 180 cm³/mol. The van der Waals surface area contributed by atoms with Crippen LogP contribution in [0.3, 0.4) is 0 Å². The third-order valence-electron chi connectivity index (χ3n) is 8.20. The van der Waals surface area contributed by atoms with E-state index in [1.165, 1.54) is 21.1 Å². The molecule has 4 heterocycles. The van der Waals surface area contributed by atoms with Gasteiger partial charge in [0.1, 0.15) is 22.7 Å². The number of carbonyl (C=O) groups is 2. The molecule has 0 saturated carbocycles. The van der Waals surface area contributed by atoms with Gasteiger partial charge in [0.2, 0.25) is 20.0 Å². The van der Waals surface area contributed by atoms with Crippen molar-refractivity contribution in [1.82, 2.24) is 8.61 Å². The predicted octanol–water partition coefficient (Wildman–Crippen LogP) is 2.85. The SMILES string of the molecule is CBr.CS(=O)(=O)N1CCC2(CC1)CC(=O)c1ccccc1O2.CS(=O)(=O)N1CCC2(CC1)CC(=O)c1ccccc1O2.O[B]O.[CH3-].[W].[W]. The first-order valence-electron chi connectivity index (χ1n) is 14.2. The Morgan fingerprint density at radius 2 is 0.938 bits per heavy atom. The molecule has 2 aromatic rings. The monoisotopic (exact) mass is 1110 g/mol. The molecule has 48 heavy (non-hydrogen) atoms. The zero-order valence-electron chi connectivity index (χ0n) is 27.3. The van der Waals surface area contributed by atoms with E-state index in [0.29, 0.717) is 87.3 Å². The molecule has 2 N–H and O–H groups in total. The zero-order chi connectivity index (χ0) is 33.5. The zero-order valence-corrected chi connectivity index (χ0v) is 36.4. The van der Waals surface area contributed by atoms with E-state index in [1.54, 1.807) is 24.3 Å². The number of ether oxygens (including phenoxy) is 2. The average molecular weight is 1110 g/mol. The van der Waals surface area contributed by atoms with Gasteiger partial charge in [-0.2, -0.15) is 0 Å². The molecule has 267 valence electrons. The second kappa shape index (κ2) is 20.2. The molecule has 6 rings (SSSR count). The average Bonchev–Trinajstić information content (AvgIpc) is 2.98. The number of nitrogens with zero attached hydrogens (tertiary/aromatic N) is 2. The van der Waals surface area contributed by atoms with Gasteiger partial charge in [0.15, 0.2) is 11.6 Å². The number of halogens is 1. The quantitative estimate of drug-likeness (QED) is 0.260. The van der Waals surface area contributed by atoms with Crippen LogP contribution >= 0.6 is 15.9 Å². The number of fused-ring (bicyclic) bond motifs is 2. The molecule has 4 aliphatic rings. The van der Waals surface area contributed by atoms with Gasteiger partial charge in [-0.15, -0.1) is 0 Å². The first-order chi connectivity index (χ1) is 21.2. The summed E-state index contributed by atoms with van der Waals surface area (Å²) in [6.45, 7) is 1.64. The summed E-state index contributed by atoms with van der Waals surface area (Å²) < 4.78 is 61.2. The van der Waals surface area contributed by atoms with E-state index in [0.717, 1.165) is 0 Å². The van der Waals surface area contributed by atoms with Crippen molar-refractivity contribution in [3.8, 4) is 11.5 Å². The smallest absolute Gasteiger partial charge is 0.482 e. The second-order valence-electron chi connectivity index (χ2n) is 11.2. The Morgan fingerprint density at radius 3 is 1.21 bits per heavy atom. The van der Waals surface area contributed by atoms with Crippen molar-refractivity contribution in [3.63, 3.8) is 0 Å². The third kappa shape index (κ3) is 12.1. The molecular weight excluding hydrogens is 1070 g/mol. The first-order valence-corrected chi connectivity index (χ1v) is 19.5. The van der Waals surface area contributed by atoms with Crippen LogP contribution in [-0.2, 0) is 62.2 Å². The van der Waals surface area contributed by atoms with Gasteiger partial charge in [0.25, 0.3) is 0 Å². The van der Waals surface area contributed by atoms with Crippen molar-refractivity contribution in [2.24, 2.45) is 0 Å². The number of rotatable bonds is 2. The number of sulfonamides is 2. The molecule has 2 spiro atoms. The molecule has 12 nitrogen and oxygen atoms in total. The van der Waals surface area contributed by atoms with Gasteiger partial charge in [0, 0.05) is 94.0 Å². The van der Waals surface area contributed by atoms with Gasteiger partial charge in [-0.1, -0.05) is 40.2 Å². The van der Waals surface area contributed by atoms with Crippen LogP contribution in [0.5, 0.6) is 11.5 Å². The fourth-order valence-electron chi connectivity index (χ4n) is 5.89. The summed E-state index contributed by atoms with van der Waals surface area (Å²) in [6.07, 6.45) is 5.32. The summed E-state index contributed by atoms with van der Waals surface area (Å²) in [5.41, 5.74) is 0.187. The van der Waals surface area contributed by atoms with E-state index in [2.05, 4.69) is 15.9 Å². The summed E-state index contributed by atoms with van der Waals surface area (Å²) >= 11 is 2.94. The number of para-hydroxylation sites is 2. The second-order valence-corrected chi connectivity index (χ2v) is 15.2. The molecule has 0 atom stereocenters. The van der Waals surface area contributed by atoms with Crippen LogP contribution in [0.4, 0.5) is 0 Å². The molecule has 1 radical (unpaired) electrons. The van der Waals surface area contributed by atoms with Crippen LogP contribution in [0.15, 0.2) is 48.5 Å². The van der Waals surface area contributed by atoms with Crippen molar-refractivity contribution in [1.29, 1.82) is 0 Å². The largest absolute Gasteiger partial charge is 0.486 e. The topological polar surface area (TPSA) is 168 Å². The Morgan fingerprint density at radius 1 is 0.667 bits per heavy atom. The van der Waals surface area contributed by atoms with Crippen molar-refractivity contribution in [3.05, 3.63) is 67.1 Å². The van der Waals surface area contributed by atoms with E-state index in [1.807, 2.05) is 30.1 Å². The Kier molecular flexibility index (Phi) is 19.8. The van der Waals surface area contributed by atoms with E-state index >= 15 is 0 Å². The van der Waals surface area contributed by atoms with Crippen LogP contribution in [0.25, 0.3) is 0 Å². The third-order valence-corrected chi connectivity index (χ3v) is 10.8. The number of benzene rings is 2. The molecule has 4 aliphatic heterocycles. The Labute approximate surface area is 322 Å². The molecule has 0 amide bonds. The summed E-state index contributed by atoms with van der Waals surface area (Å²) in [5.74, 6) is 3.22. The van der Waals surface area contributed by atoms with E-state index < -0.39 is 31.2 Å². The number of carbonyl (C=O) groups excluding carboxylic acids is 2. The molecule has 18 heteroatoms.